The maximum atomic E-state index is 12.7. The Kier molecular flexibility index (Phi) is 8.12. The van der Waals surface area contributed by atoms with Gasteiger partial charge in [0.05, 0.1) is 18.4 Å². The molecule has 0 saturated heterocycles. The minimum Gasteiger partial charge on any atom is -0.496 e. The van der Waals surface area contributed by atoms with Gasteiger partial charge in [0.15, 0.2) is 0 Å². The lowest BCUT2D eigenvalue weighted by atomic mass is 10.1. The standard InChI is InChI=1S/C25H26N2O3S/c1-18-11-13-20(14-12-18)27-24(28)17-31-23-10-6-4-8-21(23)25(29)26-16-15-19-7-3-5-9-22(19)30-2/h3-14H,15-17H2,1-2H3,(H,26,29)(H,27,28). The number of carbonyl (C=O) groups excluding carboxylic acids is 2. The SMILES string of the molecule is COc1ccccc1CCNC(=O)c1ccccc1SCC(=O)Nc1ccc(C)cc1. The van der Waals surface area contributed by atoms with Gasteiger partial charge in [-0.15, -0.1) is 11.8 Å². The second-order valence-corrected chi connectivity index (χ2v) is 8.03. The molecular weight excluding hydrogens is 408 g/mol. The molecule has 0 aromatic heterocycles. The first-order chi connectivity index (χ1) is 15.1. The highest BCUT2D eigenvalue weighted by atomic mass is 32.2. The van der Waals surface area contributed by atoms with Crippen molar-refractivity contribution in [2.24, 2.45) is 0 Å². The average Bonchev–Trinajstić information content (AvgIpc) is 2.79. The number of amides is 2. The summed E-state index contributed by atoms with van der Waals surface area (Å²) in [4.78, 5) is 25.8. The van der Waals surface area contributed by atoms with Crippen molar-refractivity contribution < 1.29 is 14.3 Å². The lowest BCUT2D eigenvalue weighted by Crippen LogP contribution is -2.26. The fourth-order valence-electron chi connectivity index (χ4n) is 3.07. The molecule has 3 aromatic carbocycles. The van der Waals surface area contributed by atoms with Crippen molar-refractivity contribution in [3.05, 3.63) is 89.5 Å². The summed E-state index contributed by atoms with van der Waals surface area (Å²) in [6.07, 6.45) is 0.671. The first-order valence-corrected chi connectivity index (χ1v) is 11.0. The summed E-state index contributed by atoms with van der Waals surface area (Å²) >= 11 is 1.35. The van der Waals surface area contributed by atoms with E-state index in [4.69, 9.17) is 4.74 Å². The number of methoxy groups -OCH3 is 1. The zero-order chi connectivity index (χ0) is 22.1. The lowest BCUT2D eigenvalue weighted by molar-refractivity contribution is -0.113. The number of carbonyl (C=O) groups is 2. The van der Waals surface area contributed by atoms with Crippen molar-refractivity contribution in [3.8, 4) is 5.75 Å². The fraction of sp³-hybridized carbons (Fsp3) is 0.200. The van der Waals surface area contributed by atoms with E-state index in [2.05, 4.69) is 10.6 Å². The van der Waals surface area contributed by atoms with Crippen LogP contribution >= 0.6 is 11.8 Å². The quantitative estimate of drug-likeness (QED) is 0.479. The number of para-hydroxylation sites is 1. The average molecular weight is 435 g/mol. The van der Waals surface area contributed by atoms with E-state index >= 15 is 0 Å². The second kappa shape index (κ2) is 11.2. The molecule has 0 fully saturated rings. The number of hydrogen-bond acceptors (Lipinski definition) is 4. The smallest absolute Gasteiger partial charge is 0.252 e. The van der Waals surface area contributed by atoms with Crippen molar-refractivity contribution >= 4 is 29.3 Å². The van der Waals surface area contributed by atoms with Gasteiger partial charge in [0.25, 0.3) is 5.91 Å². The molecule has 2 amide bonds. The molecule has 160 valence electrons. The van der Waals surface area contributed by atoms with Crippen LogP contribution in [0.1, 0.15) is 21.5 Å². The van der Waals surface area contributed by atoms with E-state index in [0.717, 1.165) is 27.5 Å². The highest BCUT2D eigenvalue weighted by Crippen LogP contribution is 2.23. The molecule has 0 unspecified atom stereocenters. The van der Waals surface area contributed by atoms with Crippen molar-refractivity contribution in [1.29, 1.82) is 0 Å². The number of ether oxygens (including phenoxy) is 1. The molecule has 0 saturated carbocycles. The largest absolute Gasteiger partial charge is 0.496 e. The van der Waals surface area contributed by atoms with E-state index in [9.17, 15) is 9.59 Å². The van der Waals surface area contributed by atoms with Gasteiger partial charge in [0.2, 0.25) is 5.91 Å². The Morgan fingerprint density at radius 3 is 2.42 bits per heavy atom. The van der Waals surface area contributed by atoms with Crippen LogP contribution in [0.25, 0.3) is 0 Å². The predicted molar refractivity (Wildman–Crippen MR) is 126 cm³/mol. The number of rotatable bonds is 9. The second-order valence-electron chi connectivity index (χ2n) is 7.02. The van der Waals surface area contributed by atoms with Gasteiger partial charge in [-0.1, -0.05) is 48.0 Å². The molecule has 31 heavy (non-hydrogen) atoms. The van der Waals surface area contributed by atoms with Gasteiger partial charge >= 0.3 is 0 Å². The Labute approximate surface area is 187 Å². The summed E-state index contributed by atoms with van der Waals surface area (Å²) in [7, 11) is 1.64. The Morgan fingerprint density at radius 1 is 0.935 bits per heavy atom. The normalized spacial score (nSPS) is 10.4. The lowest BCUT2D eigenvalue weighted by Gasteiger charge is -2.11. The summed E-state index contributed by atoms with van der Waals surface area (Å²) in [5.74, 6) is 0.767. The number of benzene rings is 3. The Morgan fingerprint density at radius 2 is 1.65 bits per heavy atom. The molecule has 0 heterocycles. The number of aryl methyl sites for hydroxylation is 1. The van der Waals surface area contributed by atoms with Gasteiger partial charge in [-0.25, -0.2) is 0 Å². The predicted octanol–water partition coefficient (Wildman–Crippen LogP) is 4.71. The highest BCUT2D eigenvalue weighted by molar-refractivity contribution is 8.00. The van der Waals surface area contributed by atoms with Gasteiger partial charge in [0, 0.05) is 17.1 Å². The van der Waals surface area contributed by atoms with Crippen LogP contribution in [0.2, 0.25) is 0 Å². The molecule has 6 heteroatoms. The van der Waals surface area contributed by atoms with Gasteiger partial charge < -0.3 is 15.4 Å². The zero-order valence-corrected chi connectivity index (χ0v) is 18.5. The van der Waals surface area contributed by atoms with E-state index in [1.165, 1.54) is 11.8 Å². The van der Waals surface area contributed by atoms with Crippen LogP contribution in [0.5, 0.6) is 5.75 Å². The number of anilines is 1. The topological polar surface area (TPSA) is 67.4 Å². The molecule has 5 nitrogen and oxygen atoms in total. The molecule has 0 spiro atoms. The Balaban J connectivity index is 1.54. The molecule has 3 aromatic rings. The van der Waals surface area contributed by atoms with Gasteiger partial charge in [-0.05, 0) is 49.2 Å². The first kappa shape index (κ1) is 22.4. The van der Waals surface area contributed by atoms with E-state index < -0.39 is 0 Å². The number of thioether (sulfide) groups is 1. The first-order valence-electron chi connectivity index (χ1n) is 10.1. The van der Waals surface area contributed by atoms with Crippen LogP contribution in [0.3, 0.4) is 0 Å². The maximum absolute atomic E-state index is 12.7. The monoisotopic (exact) mass is 434 g/mol. The minimum absolute atomic E-state index is 0.111. The molecule has 0 aliphatic carbocycles. The number of hydrogen-bond donors (Lipinski definition) is 2. The van der Waals surface area contributed by atoms with Crippen LogP contribution in [-0.4, -0.2) is 31.2 Å². The van der Waals surface area contributed by atoms with Crippen molar-refractivity contribution in [3.63, 3.8) is 0 Å². The van der Waals surface area contributed by atoms with Gasteiger partial charge in [-0.3, -0.25) is 9.59 Å². The van der Waals surface area contributed by atoms with Gasteiger partial charge in [-0.2, -0.15) is 0 Å². The molecule has 0 bridgehead atoms. The molecule has 0 aliphatic heterocycles. The molecule has 3 rings (SSSR count). The summed E-state index contributed by atoms with van der Waals surface area (Å²) in [6.45, 7) is 2.49. The van der Waals surface area contributed by atoms with Gasteiger partial charge in [0.1, 0.15) is 5.75 Å². The summed E-state index contributed by atoms with van der Waals surface area (Å²) in [5.41, 5.74) is 3.51. The molecular formula is C25H26N2O3S. The van der Waals surface area contributed by atoms with E-state index in [1.54, 1.807) is 13.2 Å². The van der Waals surface area contributed by atoms with Crippen molar-refractivity contribution in [1.82, 2.24) is 5.32 Å². The molecule has 0 atom stereocenters. The maximum Gasteiger partial charge on any atom is 0.252 e. The summed E-state index contributed by atoms with van der Waals surface area (Å²) in [6, 6.07) is 22.8. The zero-order valence-electron chi connectivity index (χ0n) is 17.7. The third-order valence-electron chi connectivity index (χ3n) is 4.70. The molecule has 0 radical (unpaired) electrons. The Bertz CT molecular complexity index is 1030. The van der Waals surface area contributed by atoms with Crippen LogP contribution in [-0.2, 0) is 11.2 Å². The van der Waals surface area contributed by atoms with Crippen LogP contribution in [0.4, 0.5) is 5.69 Å². The highest BCUT2D eigenvalue weighted by Gasteiger charge is 2.13. The Hall–Kier alpha value is -3.25. The third kappa shape index (κ3) is 6.62. The van der Waals surface area contributed by atoms with Crippen LogP contribution in [0, 0.1) is 6.92 Å². The van der Waals surface area contributed by atoms with Crippen LogP contribution in [0.15, 0.2) is 77.7 Å². The molecule has 2 N–H and O–H groups in total. The van der Waals surface area contributed by atoms with E-state index in [1.807, 2.05) is 73.7 Å². The summed E-state index contributed by atoms with van der Waals surface area (Å²) < 4.78 is 5.36. The number of nitrogens with one attached hydrogen (secondary N) is 2. The molecule has 0 aliphatic rings. The summed E-state index contributed by atoms with van der Waals surface area (Å²) in [5, 5.41) is 5.84. The van der Waals surface area contributed by atoms with E-state index in [-0.39, 0.29) is 17.6 Å². The van der Waals surface area contributed by atoms with Crippen molar-refractivity contribution in [2.75, 3.05) is 24.7 Å². The van der Waals surface area contributed by atoms with Crippen LogP contribution < -0.4 is 15.4 Å². The fourth-order valence-corrected chi connectivity index (χ4v) is 3.92. The minimum atomic E-state index is -0.156. The van der Waals surface area contributed by atoms with Crippen molar-refractivity contribution in [2.45, 2.75) is 18.2 Å². The van der Waals surface area contributed by atoms with E-state index in [0.29, 0.717) is 18.5 Å². The third-order valence-corrected chi connectivity index (χ3v) is 5.77.